The largest absolute Gasteiger partial charge is 0.459 e. The number of benzene rings is 2. The summed E-state index contributed by atoms with van der Waals surface area (Å²) in [6.45, 7) is 2.10. The molecule has 0 aliphatic heterocycles. The molecule has 0 radical (unpaired) electrons. The molecule has 1 N–H and O–H groups in total. The zero-order valence-corrected chi connectivity index (χ0v) is 10.9. The molecule has 2 rings (SSSR count). The zero-order chi connectivity index (χ0) is 13.5. The van der Waals surface area contributed by atoms with E-state index in [1.165, 1.54) is 0 Å². The first-order valence-electron chi connectivity index (χ1n) is 6.28. The summed E-state index contributed by atoms with van der Waals surface area (Å²) in [7, 11) is 0. The van der Waals surface area contributed by atoms with Crippen molar-refractivity contribution in [3.05, 3.63) is 66.2 Å². The molecule has 0 aliphatic carbocycles. The van der Waals surface area contributed by atoms with Gasteiger partial charge in [0.25, 0.3) is 0 Å². The van der Waals surface area contributed by atoms with E-state index in [0.717, 1.165) is 11.3 Å². The number of rotatable bonds is 5. The zero-order valence-electron chi connectivity index (χ0n) is 10.9. The lowest BCUT2D eigenvalue weighted by Crippen LogP contribution is -2.28. The van der Waals surface area contributed by atoms with E-state index in [2.05, 4.69) is 5.32 Å². The standard InChI is InChI=1S/C16H17NO2/c1-13(17-15-10-6-3-7-11-15)16(18)19-12-14-8-4-2-5-9-14/h2-11,13,17H,12H2,1H3. The molecule has 0 saturated heterocycles. The first kappa shape index (κ1) is 13.1. The molecule has 3 heteroatoms. The second-order valence-electron chi connectivity index (χ2n) is 4.33. The lowest BCUT2D eigenvalue weighted by atomic mass is 10.2. The lowest BCUT2D eigenvalue weighted by molar-refractivity contribution is -0.145. The topological polar surface area (TPSA) is 38.3 Å². The van der Waals surface area contributed by atoms with Crippen LogP contribution in [-0.4, -0.2) is 12.0 Å². The molecule has 0 amide bonds. The van der Waals surface area contributed by atoms with Crippen molar-refractivity contribution >= 4 is 11.7 Å². The molecule has 0 aliphatic rings. The van der Waals surface area contributed by atoms with Gasteiger partial charge in [-0.2, -0.15) is 0 Å². The van der Waals surface area contributed by atoms with Crippen LogP contribution in [0.2, 0.25) is 0 Å². The van der Waals surface area contributed by atoms with Crippen LogP contribution in [0.3, 0.4) is 0 Å². The van der Waals surface area contributed by atoms with Crippen LogP contribution >= 0.6 is 0 Å². The van der Waals surface area contributed by atoms with Crippen molar-refractivity contribution < 1.29 is 9.53 Å². The van der Waals surface area contributed by atoms with E-state index in [1.807, 2.05) is 60.7 Å². The Kier molecular flexibility index (Phi) is 4.56. The van der Waals surface area contributed by atoms with Gasteiger partial charge in [0.2, 0.25) is 0 Å². The van der Waals surface area contributed by atoms with Crippen molar-refractivity contribution in [3.8, 4) is 0 Å². The highest BCUT2D eigenvalue weighted by molar-refractivity contribution is 5.78. The quantitative estimate of drug-likeness (QED) is 0.834. The van der Waals surface area contributed by atoms with Gasteiger partial charge in [0.15, 0.2) is 0 Å². The molecule has 0 saturated carbocycles. The molecule has 0 aromatic heterocycles. The highest BCUT2D eigenvalue weighted by atomic mass is 16.5. The van der Waals surface area contributed by atoms with Gasteiger partial charge in [0.05, 0.1) is 0 Å². The Labute approximate surface area is 113 Å². The van der Waals surface area contributed by atoms with Gasteiger partial charge >= 0.3 is 5.97 Å². The minimum absolute atomic E-state index is 0.257. The van der Waals surface area contributed by atoms with Gasteiger partial charge in [-0.05, 0) is 24.6 Å². The fraction of sp³-hybridized carbons (Fsp3) is 0.188. The number of nitrogens with one attached hydrogen (secondary N) is 1. The number of anilines is 1. The first-order valence-corrected chi connectivity index (χ1v) is 6.28. The Morgan fingerprint density at radius 2 is 1.63 bits per heavy atom. The summed E-state index contributed by atoms with van der Waals surface area (Å²) >= 11 is 0. The van der Waals surface area contributed by atoms with Crippen molar-refractivity contribution in [2.24, 2.45) is 0 Å². The number of para-hydroxylation sites is 1. The van der Waals surface area contributed by atoms with Crippen molar-refractivity contribution in [1.29, 1.82) is 0 Å². The minimum atomic E-state index is -0.369. The van der Waals surface area contributed by atoms with Gasteiger partial charge < -0.3 is 10.1 Å². The van der Waals surface area contributed by atoms with Gasteiger partial charge in [-0.25, -0.2) is 4.79 Å². The average molecular weight is 255 g/mol. The molecule has 0 fully saturated rings. The average Bonchev–Trinajstić information content (AvgIpc) is 2.47. The van der Waals surface area contributed by atoms with E-state index < -0.39 is 0 Å². The summed E-state index contributed by atoms with van der Waals surface area (Å²) < 4.78 is 5.26. The van der Waals surface area contributed by atoms with Crippen LogP contribution in [0.4, 0.5) is 5.69 Å². The third kappa shape index (κ3) is 4.14. The van der Waals surface area contributed by atoms with Gasteiger partial charge in [-0.15, -0.1) is 0 Å². The fourth-order valence-corrected chi connectivity index (χ4v) is 1.70. The normalized spacial score (nSPS) is 11.6. The lowest BCUT2D eigenvalue weighted by Gasteiger charge is -2.14. The summed E-state index contributed by atoms with van der Waals surface area (Å²) in [5.74, 6) is -0.257. The molecule has 3 nitrogen and oxygen atoms in total. The smallest absolute Gasteiger partial charge is 0.328 e. The van der Waals surface area contributed by atoms with Crippen LogP contribution in [0.15, 0.2) is 60.7 Å². The van der Waals surface area contributed by atoms with Crippen LogP contribution in [0.5, 0.6) is 0 Å². The van der Waals surface area contributed by atoms with E-state index >= 15 is 0 Å². The molecule has 2 aromatic rings. The van der Waals surface area contributed by atoms with Crippen molar-refractivity contribution in [3.63, 3.8) is 0 Å². The van der Waals surface area contributed by atoms with Crippen molar-refractivity contribution in [2.45, 2.75) is 19.6 Å². The Bertz CT molecular complexity index is 511. The molecule has 0 bridgehead atoms. The third-order valence-corrected chi connectivity index (χ3v) is 2.73. The van der Waals surface area contributed by atoms with Crippen LogP contribution < -0.4 is 5.32 Å². The molecule has 2 aromatic carbocycles. The van der Waals surface area contributed by atoms with Crippen LogP contribution in [0.25, 0.3) is 0 Å². The highest BCUT2D eigenvalue weighted by Crippen LogP contribution is 2.08. The number of carbonyl (C=O) groups excluding carboxylic acids is 1. The number of hydrogen-bond acceptors (Lipinski definition) is 3. The number of ether oxygens (including phenoxy) is 1. The van der Waals surface area contributed by atoms with E-state index in [4.69, 9.17) is 4.74 Å². The number of hydrogen-bond donors (Lipinski definition) is 1. The van der Waals surface area contributed by atoms with E-state index in [1.54, 1.807) is 6.92 Å². The van der Waals surface area contributed by atoms with Gasteiger partial charge in [0.1, 0.15) is 12.6 Å². The van der Waals surface area contributed by atoms with E-state index in [0.29, 0.717) is 6.61 Å². The van der Waals surface area contributed by atoms with Crippen LogP contribution in [0.1, 0.15) is 12.5 Å². The molecule has 0 spiro atoms. The number of esters is 1. The van der Waals surface area contributed by atoms with Gasteiger partial charge in [0, 0.05) is 5.69 Å². The molecular weight excluding hydrogens is 238 g/mol. The Morgan fingerprint density at radius 3 is 2.26 bits per heavy atom. The maximum atomic E-state index is 11.8. The van der Waals surface area contributed by atoms with Crippen LogP contribution in [0, 0.1) is 0 Å². The first-order chi connectivity index (χ1) is 9.25. The van der Waals surface area contributed by atoms with E-state index in [9.17, 15) is 4.79 Å². The Hall–Kier alpha value is -2.29. The monoisotopic (exact) mass is 255 g/mol. The SMILES string of the molecule is CC(Nc1ccccc1)C(=O)OCc1ccccc1. The third-order valence-electron chi connectivity index (χ3n) is 2.73. The summed E-state index contributed by atoms with van der Waals surface area (Å²) in [4.78, 5) is 11.8. The molecule has 19 heavy (non-hydrogen) atoms. The second kappa shape index (κ2) is 6.59. The van der Waals surface area contributed by atoms with Gasteiger partial charge in [-0.3, -0.25) is 0 Å². The maximum Gasteiger partial charge on any atom is 0.328 e. The van der Waals surface area contributed by atoms with Gasteiger partial charge in [-0.1, -0.05) is 48.5 Å². The predicted molar refractivity (Wildman–Crippen MR) is 75.8 cm³/mol. The second-order valence-corrected chi connectivity index (χ2v) is 4.33. The van der Waals surface area contributed by atoms with Crippen LogP contribution in [-0.2, 0) is 16.1 Å². The maximum absolute atomic E-state index is 11.8. The predicted octanol–water partition coefficient (Wildman–Crippen LogP) is 3.23. The molecule has 1 unspecified atom stereocenters. The summed E-state index contributed by atoms with van der Waals surface area (Å²) in [5, 5.41) is 3.10. The molecule has 1 atom stereocenters. The highest BCUT2D eigenvalue weighted by Gasteiger charge is 2.13. The summed E-state index contributed by atoms with van der Waals surface area (Å²) in [5.41, 5.74) is 1.90. The summed E-state index contributed by atoms with van der Waals surface area (Å²) in [6.07, 6.45) is 0. The molecule has 0 heterocycles. The Morgan fingerprint density at radius 1 is 1.05 bits per heavy atom. The number of carbonyl (C=O) groups is 1. The summed E-state index contributed by atoms with van der Waals surface area (Å²) in [6, 6.07) is 18.9. The van der Waals surface area contributed by atoms with E-state index in [-0.39, 0.29) is 12.0 Å². The fourth-order valence-electron chi connectivity index (χ4n) is 1.70. The molecular formula is C16H17NO2. The minimum Gasteiger partial charge on any atom is -0.459 e. The van der Waals surface area contributed by atoms with Crippen molar-refractivity contribution in [1.82, 2.24) is 0 Å². The molecule has 98 valence electrons. The Balaban J connectivity index is 1.83. The van der Waals surface area contributed by atoms with Crippen molar-refractivity contribution in [2.75, 3.05) is 5.32 Å².